The van der Waals surface area contributed by atoms with Gasteiger partial charge in [-0.1, -0.05) is 29.5 Å². The first kappa shape index (κ1) is 15.4. The van der Waals surface area contributed by atoms with Gasteiger partial charge >= 0.3 is 0 Å². The fourth-order valence-corrected chi connectivity index (χ4v) is 3.66. The highest BCUT2D eigenvalue weighted by molar-refractivity contribution is 7.92. The zero-order chi connectivity index (χ0) is 15.4. The van der Waals surface area contributed by atoms with E-state index < -0.39 is 11.2 Å². The number of nitrogens with one attached hydrogen (secondary N) is 1. The molecule has 0 aliphatic heterocycles. The molecule has 21 heavy (non-hydrogen) atoms. The lowest BCUT2D eigenvalue weighted by Gasteiger charge is -2.18. The Balaban J connectivity index is 2.18. The monoisotopic (exact) mass is 319 g/mol. The highest BCUT2D eigenvalue weighted by Crippen LogP contribution is 2.27. The minimum Gasteiger partial charge on any atom is -0.611 e. The molecule has 0 aliphatic rings. The van der Waals surface area contributed by atoms with Gasteiger partial charge in [0.25, 0.3) is 5.91 Å². The second-order valence-corrected chi connectivity index (χ2v) is 6.85. The molecule has 0 bridgehead atoms. The molecule has 1 aromatic carbocycles. The Labute approximate surface area is 130 Å². The van der Waals surface area contributed by atoms with Crippen LogP contribution in [0.15, 0.2) is 40.6 Å². The molecule has 0 saturated heterocycles. The van der Waals surface area contributed by atoms with E-state index in [1.165, 1.54) is 17.3 Å². The summed E-state index contributed by atoms with van der Waals surface area (Å²) in [6.07, 6.45) is 1.49. The first-order valence-corrected chi connectivity index (χ1v) is 8.37. The summed E-state index contributed by atoms with van der Waals surface area (Å²) in [7, 11) is 1.60. The molecule has 0 fully saturated rings. The Morgan fingerprint density at radius 3 is 2.62 bits per heavy atom. The Bertz CT molecular complexity index is 677. The van der Waals surface area contributed by atoms with E-state index in [0.717, 1.165) is 17.0 Å². The molecular formula is C14H13N3O2S2. The van der Waals surface area contributed by atoms with Crippen molar-refractivity contribution < 1.29 is 9.35 Å². The number of nitriles is 1. The van der Waals surface area contributed by atoms with Crippen molar-refractivity contribution in [3.8, 4) is 6.07 Å². The average molecular weight is 319 g/mol. The SMILES string of the molecule is CN(Nc1ccccc1)C(=O)c1cc(C#N)c([S+](C)[O-])s1. The number of hydrogen-bond acceptors (Lipinski definition) is 5. The van der Waals surface area contributed by atoms with E-state index in [1.54, 1.807) is 7.05 Å². The summed E-state index contributed by atoms with van der Waals surface area (Å²) in [6.45, 7) is 0. The van der Waals surface area contributed by atoms with Gasteiger partial charge in [-0.15, -0.1) is 0 Å². The largest absolute Gasteiger partial charge is 0.611 e. The van der Waals surface area contributed by atoms with Crippen molar-refractivity contribution in [3.05, 3.63) is 46.8 Å². The van der Waals surface area contributed by atoms with Crippen LogP contribution in [0.2, 0.25) is 0 Å². The maximum atomic E-state index is 12.3. The molecule has 0 saturated carbocycles. The minimum absolute atomic E-state index is 0.281. The molecule has 5 nitrogen and oxygen atoms in total. The van der Waals surface area contributed by atoms with Crippen LogP contribution in [-0.2, 0) is 11.2 Å². The molecule has 1 N–H and O–H groups in total. The van der Waals surface area contributed by atoms with Gasteiger partial charge in [-0.3, -0.25) is 15.2 Å². The average Bonchev–Trinajstić information content (AvgIpc) is 2.92. The topological polar surface area (TPSA) is 79.2 Å². The highest BCUT2D eigenvalue weighted by atomic mass is 32.2. The number of rotatable bonds is 4. The number of nitrogens with zero attached hydrogens (tertiary/aromatic N) is 2. The van der Waals surface area contributed by atoms with E-state index in [-0.39, 0.29) is 11.5 Å². The first-order chi connectivity index (χ1) is 10.0. The number of benzene rings is 1. The molecule has 1 amide bonds. The summed E-state index contributed by atoms with van der Waals surface area (Å²) in [6, 6.07) is 12.7. The second-order valence-electron chi connectivity index (χ2n) is 4.22. The molecule has 1 atom stereocenters. The van der Waals surface area contributed by atoms with E-state index in [4.69, 9.17) is 5.26 Å². The number of hydrogen-bond donors (Lipinski definition) is 1. The van der Waals surface area contributed by atoms with E-state index in [1.807, 2.05) is 36.4 Å². The molecule has 1 aromatic heterocycles. The summed E-state index contributed by atoms with van der Waals surface area (Å²) in [5.41, 5.74) is 4.02. The summed E-state index contributed by atoms with van der Waals surface area (Å²) in [4.78, 5) is 12.7. The maximum Gasteiger partial charge on any atom is 0.282 e. The lowest BCUT2D eigenvalue weighted by Crippen LogP contribution is -2.31. The van der Waals surface area contributed by atoms with Crippen LogP contribution in [0.1, 0.15) is 15.2 Å². The third-order valence-corrected chi connectivity index (χ3v) is 5.28. The smallest absolute Gasteiger partial charge is 0.282 e. The lowest BCUT2D eigenvalue weighted by molar-refractivity contribution is 0.0830. The molecular weight excluding hydrogens is 306 g/mol. The van der Waals surface area contributed by atoms with Crippen LogP contribution in [0.3, 0.4) is 0 Å². The third kappa shape index (κ3) is 3.55. The van der Waals surface area contributed by atoms with Crippen LogP contribution in [0.4, 0.5) is 5.69 Å². The molecule has 0 radical (unpaired) electrons. The van der Waals surface area contributed by atoms with Crippen molar-refractivity contribution in [2.45, 2.75) is 4.21 Å². The lowest BCUT2D eigenvalue weighted by atomic mass is 10.3. The van der Waals surface area contributed by atoms with Crippen molar-refractivity contribution in [2.24, 2.45) is 0 Å². The zero-order valence-electron chi connectivity index (χ0n) is 11.5. The quantitative estimate of drug-likeness (QED) is 0.693. The molecule has 0 aliphatic carbocycles. The van der Waals surface area contributed by atoms with Crippen LogP contribution in [-0.4, -0.2) is 28.8 Å². The van der Waals surface area contributed by atoms with Gasteiger partial charge in [0.1, 0.15) is 22.8 Å². The van der Waals surface area contributed by atoms with E-state index in [9.17, 15) is 9.35 Å². The number of anilines is 1. The Kier molecular flexibility index (Phi) is 4.85. The van der Waals surface area contributed by atoms with Crippen LogP contribution in [0.25, 0.3) is 0 Å². The summed E-state index contributed by atoms with van der Waals surface area (Å²) >= 11 is -0.197. The standard InChI is InChI=1S/C14H13N3O2S2/c1-17(16-11-6-4-3-5-7-11)13(18)12-8-10(9-15)14(20-12)21(2)19/h3-8,16H,1-2H3. The van der Waals surface area contributed by atoms with E-state index in [0.29, 0.717) is 9.09 Å². The minimum atomic E-state index is -1.28. The maximum absolute atomic E-state index is 12.3. The van der Waals surface area contributed by atoms with Gasteiger partial charge in [-0.05, 0) is 29.4 Å². The van der Waals surface area contributed by atoms with Crippen LogP contribution < -0.4 is 5.43 Å². The van der Waals surface area contributed by atoms with Gasteiger partial charge in [0.2, 0.25) is 4.21 Å². The fourth-order valence-electron chi connectivity index (χ4n) is 1.69. The molecule has 108 valence electrons. The molecule has 7 heteroatoms. The number of thiophene rings is 1. The molecule has 1 heterocycles. The Morgan fingerprint density at radius 2 is 2.10 bits per heavy atom. The Morgan fingerprint density at radius 1 is 1.43 bits per heavy atom. The molecule has 1 unspecified atom stereocenters. The number of amides is 1. The van der Waals surface area contributed by atoms with Gasteiger partial charge < -0.3 is 4.55 Å². The highest BCUT2D eigenvalue weighted by Gasteiger charge is 2.22. The first-order valence-electron chi connectivity index (χ1n) is 6.00. The van der Waals surface area contributed by atoms with Gasteiger partial charge in [0, 0.05) is 7.05 Å². The second kappa shape index (κ2) is 6.63. The van der Waals surface area contributed by atoms with E-state index >= 15 is 0 Å². The summed E-state index contributed by atoms with van der Waals surface area (Å²) < 4.78 is 12.0. The number of para-hydroxylation sites is 1. The normalized spacial score (nSPS) is 11.5. The third-order valence-electron chi connectivity index (χ3n) is 2.67. The molecule has 2 rings (SSSR count). The summed E-state index contributed by atoms with van der Waals surface area (Å²) in [5, 5.41) is 10.4. The predicted octanol–water partition coefficient (Wildman–Crippen LogP) is 2.46. The van der Waals surface area contributed by atoms with Crippen molar-refractivity contribution in [1.82, 2.24) is 5.01 Å². The van der Waals surface area contributed by atoms with Crippen molar-refractivity contribution >= 4 is 34.1 Å². The van der Waals surface area contributed by atoms with Crippen LogP contribution in [0, 0.1) is 11.3 Å². The van der Waals surface area contributed by atoms with Gasteiger partial charge in [0.15, 0.2) is 0 Å². The van der Waals surface area contributed by atoms with E-state index in [2.05, 4.69) is 5.43 Å². The van der Waals surface area contributed by atoms with Crippen molar-refractivity contribution in [1.29, 1.82) is 5.26 Å². The number of carbonyl (C=O) groups excluding carboxylic acids is 1. The molecule has 0 spiro atoms. The fraction of sp³-hybridized carbons (Fsp3) is 0.143. The summed E-state index contributed by atoms with van der Waals surface area (Å²) in [5.74, 6) is -0.281. The van der Waals surface area contributed by atoms with Crippen molar-refractivity contribution in [2.75, 3.05) is 18.7 Å². The van der Waals surface area contributed by atoms with Gasteiger partial charge in [0.05, 0.1) is 5.69 Å². The zero-order valence-corrected chi connectivity index (χ0v) is 13.1. The number of hydrazine groups is 1. The van der Waals surface area contributed by atoms with Gasteiger partial charge in [-0.25, -0.2) is 0 Å². The number of carbonyl (C=O) groups is 1. The van der Waals surface area contributed by atoms with Gasteiger partial charge in [-0.2, -0.15) is 5.26 Å². The van der Waals surface area contributed by atoms with Crippen LogP contribution >= 0.6 is 11.3 Å². The van der Waals surface area contributed by atoms with Crippen molar-refractivity contribution in [3.63, 3.8) is 0 Å². The van der Waals surface area contributed by atoms with Crippen LogP contribution in [0.5, 0.6) is 0 Å². The molecule has 2 aromatic rings. The predicted molar refractivity (Wildman–Crippen MR) is 83.5 cm³/mol. The Hall–Kier alpha value is -2.01.